The molecule has 12 heteroatoms. The van der Waals surface area contributed by atoms with Crippen LogP contribution >= 0.6 is 13.4 Å². The number of unbranched alkanes of at least 4 members (excludes halogenated alkanes) is 2. The fraction of sp³-hybridized carbons (Fsp3) is 0.750. The quantitative estimate of drug-likeness (QED) is 0.208. The van der Waals surface area contributed by atoms with Crippen molar-refractivity contribution in [3.8, 4) is 0 Å². The molecule has 6 N–H and O–H groups in total. The summed E-state index contributed by atoms with van der Waals surface area (Å²) in [5.41, 5.74) is 0. The Kier molecular flexibility index (Phi) is 42.4. The summed E-state index contributed by atoms with van der Waals surface area (Å²) < 4.78 is 8.26. The molecule has 0 aromatic heterocycles. The van der Waals surface area contributed by atoms with Gasteiger partial charge in [-0.25, -0.2) is 0 Å². The summed E-state index contributed by atoms with van der Waals surface area (Å²) in [5.74, 6) is 0. The molecule has 0 saturated heterocycles. The molecule has 0 radical (unpaired) electrons. The van der Waals surface area contributed by atoms with Crippen LogP contribution in [0.3, 0.4) is 0 Å². The molecule has 0 saturated carbocycles. The molecule has 0 rings (SSSR count). The van der Waals surface area contributed by atoms with Gasteiger partial charge in [0.1, 0.15) is 0 Å². The van der Waals surface area contributed by atoms with E-state index in [1.54, 1.807) is 0 Å². The van der Waals surface area contributed by atoms with Crippen molar-refractivity contribution in [3.63, 3.8) is 0 Å². The van der Waals surface area contributed by atoms with Gasteiger partial charge in [-0.15, -0.1) is 0 Å². The fourth-order valence-corrected chi connectivity index (χ4v) is 0. The second-order valence-corrected chi connectivity index (χ2v) is 7.73. The van der Waals surface area contributed by atoms with Crippen molar-refractivity contribution in [1.82, 2.24) is 0 Å². The summed E-state index contributed by atoms with van der Waals surface area (Å²) in [6.07, 6.45) is 4.56. The van der Waals surface area contributed by atoms with E-state index in [9.17, 15) is 0 Å². The van der Waals surface area contributed by atoms with Crippen LogP contribution in [0.1, 0.15) is 39.5 Å². The van der Waals surface area contributed by atoms with Gasteiger partial charge in [0.05, 0.1) is 0 Å². The summed E-state index contributed by atoms with van der Waals surface area (Å²) in [7, 11) is 0. The van der Waals surface area contributed by atoms with Crippen molar-refractivity contribution in [2.24, 2.45) is 0 Å². The van der Waals surface area contributed by atoms with Crippen molar-refractivity contribution in [3.05, 3.63) is 13.8 Å². The van der Waals surface area contributed by atoms with E-state index >= 15 is 0 Å². The fourth-order valence-electron chi connectivity index (χ4n) is 0. The third kappa shape index (κ3) is 534. The predicted octanol–water partition coefficient (Wildman–Crippen LogP) is 1.50. The molecule has 0 aliphatic rings. The van der Waals surface area contributed by atoms with Crippen LogP contribution in [0, 0.1) is 13.8 Å². The third-order valence-electron chi connectivity index (χ3n) is 0.707. The Morgan fingerprint density at radius 3 is 0.850 bits per heavy atom. The molecule has 0 amide bonds. The van der Waals surface area contributed by atoms with Gasteiger partial charge < -0.3 is 43.2 Å². The second-order valence-electron chi connectivity index (χ2n) is 2.73. The van der Waals surface area contributed by atoms with Crippen LogP contribution in [0.2, 0.25) is 0 Å². The zero-order valence-electron chi connectivity index (χ0n) is 11.5. The van der Waals surface area contributed by atoms with Crippen LogP contribution in [0.15, 0.2) is 0 Å². The zero-order valence-corrected chi connectivity index (χ0v) is 16.9. The first-order valence-corrected chi connectivity index (χ1v) is 11.3. The van der Waals surface area contributed by atoms with Gasteiger partial charge in [-0.2, -0.15) is 12.8 Å². The molecule has 0 unspecified atom stereocenters. The van der Waals surface area contributed by atoms with E-state index in [-0.39, 0.29) is 0 Å². The Hall–Kier alpha value is 1.55. The SMILES string of the molecule is OP(O)(O)=S.OP(O)(O)=S.[CH2-]CCC.[CH2-]CCC.[O]=[Mo]. The van der Waals surface area contributed by atoms with E-state index in [1.165, 1.54) is 12.8 Å². The molecule has 20 heavy (non-hydrogen) atoms. The van der Waals surface area contributed by atoms with Gasteiger partial charge >= 0.3 is 36.6 Å². The van der Waals surface area contributed by atoms with Crippen LogP contribution in [0.25, 0.3) is 0 Å². The first-order valence-electron chi connectivity index (χ1n) is 5.15. The second kappa shape index (κ2) is 25.5. The molecule has 7 nitrogen and oxygen atoms in total. The van der Waals surface area contributed by atoms with Crippen LogP contribution in [0.5, 0.6) is 0 Å². The summed E-state index contributed by atoms with van der Waals surface area (Å²) >= 11 is 7.91. The molecule has 0 heterocycles. The molecule has 0 aliphatic carbocycles. The van der Waals surface area contributed by atoms with Crippen molar-refractivity contribution < 1.29 is 52.5 Å². The van der Waals surface area contributed by atoms with Gasteiger partial charge in [-0.05, 0) is 23.6 Å². The Morgan fingerprint density at radius 1 is 0.800 bits per heavy atom. The molecule has 128 valence electrons. The molecule has 0 aromatic carbocycles. The minimum atomic E-state index is -3.81. The Balaban J connectivity index is -0.0000000482. The molecule has 0 aromatic rings. The Bertz CT molecular complexity index is 202. The Labute approximate surface area is 142 Å². The molecule has 0 spiro atoms. The maximum atomic E-state index is 8.26. The van der Waals surface area contributed by atoms with E-state index in [4.69, 9.17) is 32.8 Å². The summed E-state index contributed by atoms with van der Waals surface area (Å²) in [4.78, 5) is 45.3. The van der Waals surface area contributed by atoms with Gasteiger partial charge in [0, 0.05) is 0 Å². The Morgan fingerprint density at radius 2 is 0.850 bits per heavy atom. The van der Waals surface area contributed by atoms with E-state index in [2.05, 4.69) is 51.3 Å². The van der Waals surface area contributed by atoms with Crippen molar-refractivity contribution in [2.75, 3.05) is 0 Å². The zero-order chi connectivity index (χ0) is 17.8. The van der Waals surface area contributed by atoms with E-state index in [1.807, 2.05) is 0 Å². The first-order chi connectivity index (χ1) is 8.83. The average Bonchev–Trinajstić information content (AvgIpc) is 2.27. The van der Waals surface area contributed by atoms with Crippen LogP contribution in [-0.4, -0.2) is 29.4 Å². The number of hydrogen-bond donors (Lipinski definition) is 6. The van der Waals surface area contributed by atoms with Crippen LogP contribution in [-0.2, 0) is 46.8 Å². The van der Waals surface area contributed by atoms with E-state index in [0.717, 1.165) is 12.8 Å². The standard InChI is InChI=1S/2C4H9.Mo.2H3O3PS.O/c2*1-3-4-2;;2*1-4(2,3)5;/h2*1,3-4H2,2H3;;2*(H3,1,2,3,5);/q2*-1;;;;. The van der Waals surface area contributed by atoms with Gasteiger partial charge in [0.25, 0.3) is 0 Å². The molecule has 0 fully saturated rings. The monoisotopic (exact) mass is 456 g/mol. The van der Waals surface area contributed by atoms with Crippen LogP contribution < -0.4 is 0 Å². The van der Waals surface area contributed by atoms with Crippen molar-refractivity contribution in [2.45, 2.75) is 39.5 Å². The molecule has 0 bridgehead atoms. The van der Waals surface area contributed by atoms with E-state index in [0.29, 0.717) is 19.8 Å². The minimum absolute atomic E-state index is 0.700. The number of rotatable bonds is 2. The van der Waals surface area contributed by atoms with Gasteiger partial charge in [-0.1, -0.05) is 26.7 Å². The molecule has 0 atom stereocenters. The summed E-state index contributed by atoms with van der Waals surface area (Å²) in [6.45, 7) is 3.83. The van der Waals surface area contributed by atoms with Gasteiger partial charge in [0.15, 0.2) is 0 Å². The average molecular weight is 454 g/mol. The van der Waals surface area contributed by atoms with Gasteiger partial charge in [-0.3, -0.25) is 0 Å². The third-order valence-corrected chi connectivity index (χ3v) is 0.707. The topological polar surface area (TPSA) is 138 Å². The van der Waals surface area contributed by atoms with Crippen molar-refractivity contribution in [1.29, 1.82) is 0 Å². The van der Waals surface area contributed by atoms with E-state index < -0.39 is 13.4 Å². The summed E-state index contributed by atoms with van der Waals surface area (Å²) in [6, 6.07) is 0. The number of hydrogen-bond acceptors (Lipinski definition) is 3. The van der Waals surface area contributed by atoms with Crippen LogP contribution in [0.4, 0.5) is 0 Å². The van der Waals surface area contributed by atoms with Crippen molar-refractivity contribution >= 4 is 37.1 Å². The first kappa shape index (κ1) is 33.2. The maximum absolute atomic E-state index is 8.26. The molecule has 0 aliphatic heterocycles. The molecular formula is C8H24MoO7P2S2-2. The van der Waals surface area contributed by atoms with Gasteiger partial charge in [0.2, 0.25) is 0 Å². The predicted molar refractivity (Wildman–Crippen MR) is 83.1 cm³/mol. The normalized spacial score (nSPS) is 9.10. The summed E-state index contributed by atoms with van der Waals surface area (Å²) in [5, 5.41) is 0. The molecular weight excluding hydrogens is 430 g/mol.